The molecule has 11 aromatic rings. The van der Waals surface area contributed by atoms with Gasteiger partial charge in [-0.1, -0.05) is 181 Å². The minimum atomic E-state index is -0.224. The van der Waals surface area contributed by atoms with Crippen LogP contribution in [0.1, 0.15) is 25.0 Å². The third-order valence-corrected chi connectivity index (χ3v) is 13.6. The minimum absolute atomic E-state index is 0.224. The molecule has 3 heterocycles. The summed E-state index contributed by atoms with van der Waals surface area (Å²) in [6.45, 7) is 4.64. The minimum Gasteiger partial charge on any atom is -0.455 e. The number of furan rings is 1. The lowest BCUT2D eigenvalue weighted by Crippen LogP contribution is -2.15. The van der Waals surface area contributed by atoms with E-state index in [4.69, 9.17) is 36.0 Å². The number of rotatable bonds is 7. The van der Waals surface area contributed by atoms with Gasteiger partial charge in [0, 0.05) is 54.5 Å². The summed E-state index contributed by atoms with van der Waals surface area (Å²) in [4.78, 5) is 19.9. The predicted molar refractivity (Wildman–Crippen MR) is 273 cm³/mol. The topological polar surface area (TPSA) is 64.7 Å². The lowest BCUT2D eigenvalue weighted by Gasteiger charge is -2.22. The molecular weight excluding hydrogens is 896 g/mol. The summed E-state index contributed by atoms with van der Waals surface area (Å²) >= 11 is 10.3. The molecule has 0 saturated heterocycles. The SMILES string of the molecule is CC1(C)c2ccc(-c3ccc4c(c3)oc3c(-c5cc(-c6cccc(Br)c6)nc(-c6ccccc6)n5)cccc34)cc2-c2ccc(-c3ccccc3-c3nc(Cl)cc(-c4ccccc4)n3)cc21. The fourth-order valence-corrected chi connectivity index (χ4v) is 10.2. The summed E-state index contributed by atoms with van der Waals surface area (Å²) in [5, 5.41) is 2.50. The van der Waals surface area contributed by atoms with Crippen molar-refractivity contribution >= 4 is 49.5 Å². The Hall–Kier alpha value is -7.51. The fourth-order valence-electron chi connectivity index (χ4n) is 9.60. The highest BCUT2D eigenvalue weighted by Gasteiger charge is 2.36. The van der Waals surface area contributed by atoms with Crippen molar-refractivity contribution < 1.29 is 4.42 Å². The van der Waals surface area contributed by atoms with Crippen LogP contribution in [0.3, 0.4) is 0 Å². The maximum absolute atomic E-state index is 6.84. The first-order valence-corrected chi connectivity index (χ1v) is 23.1. The van der Waals surface area contributed by atoms with Gasteiger partial charge in [-0.2, -0.15) is 0 Å². The lowest BCUT2D eigenvalue weighted by atomic mass is 9.81. The van der Waals surface area contributed by atoms with Gasteiger partial charge in [0.05, 0.1) is 17.1 Å². The van der Waals surface area contributed by atoms with E-state index in [0.29, 0.717) is 16.8 Å². The zero-order chi connectivity index (χ0) is 44.5. The second-order valence-corrected chi connectivity index (χ2v) is 18.6. The van der Waals surface area contributed by atoms with Crippen molar-refractivity contribution in [3.63, 3.8) is 0 Å². The zero-order valence-corrected chi connectivity index (χ0v) is 38.3. The second kappa shape index (κ2) is 15.9. The first-order valence-electron chi connectivity index (χ1n) is 21.9. The van der Waals surface area contributed by atoms with Crippen molar-refractivity contribution in [1.29, 1.82) is 0 Å². The van der Waals surface area contributed by atoms with Crippen LogP contribution in [0.2, 0.25) is 5.15 Å². The Morgan fingerprint density at radius 2 is 1.06 bits per heavy atom. The van der Waals surface area contributed by atoms with Crippen molar-refractivity contribution in [2.75, 3.05) is 0 Å². The van der Waals surface area contributed by atoms with Gasteiger partial charge >= 0.3 is 0 Å². The first-order chi connectivity index (χ1) is 32.2. The molecule has 0 radical (unpaired) electrons. The van der Waals surface area contributed by atoms with Gasteiger partial charge < -0.3 is 4.42 Å². The van der Waals surface area contributed by atoms with Crippen LogP contribution in [0.5, 0.6) is 0 Å². The Balaban J connectivity index is 0.914. The van der Waals surface area contributed by atoms with Gasteiger partial charge in [0.15, 0.2) is 11.6 Å². The van der Waals surface area contributed by atoms with E-state index < -0.39 is 0 Å². The van der Waals surface area contributed by atoms with E-state index in [2.05, 4.69) is 139 Å². The maximum Gasteiger partial charge on any atom is 0.162 e. The molecule has 0 amide bonds. The number of nitrogens with zero attached hydrogens (tertiary/aromatic N) is 4. The van der Waals surface area contributed by atoms with Gasteiger partial charge in [-0.25, -0.2) is 19.9 Å². The Bertz CT molecular complexity index is 3710. The highest BCUT2D eigenvalue weighted by Crippen LogP contribution is 2.51. The van der Waals surface area contributed by atoms with Crippen molar-refractivity contribution in [3.8, 4) is 89.9 Å². The molecule has 3 aromatic heterocycles. The molecule has 12 rings (SSSR count). The summed E-state index contributed by atoms with van der Waals surface area (Å²) in [6, 6.07) is 67.2. The molecule has 1 aliphatic carbocycles. The normalized spacial score (nSPS) is 12.7. The van der Waals surface area contributed by atoms with Crippen LogP contribution in [0.25, 0.3) is 112 Å². The van der Waals surface area contributed by atoms with Crippen LogP contribution >= 0.6 is 27.5 Å². The van der Waals surface area contributed by atoms with Crippen LogP contribution < -0.4 is 0 Å². The molecule has 7 heteroatoms. The van der Waals surface area contributed by atoms with Crippen LogP contribution in [-0.2, 0) is 5.41 Å². The molecule has 0 atom stereocenters. The van der Waals surface area contributed by atoms with E-state index in [1.165, 1.54) is 22.3 Å². The smallest absolute Gasteiger partial charge is 0.162 e. The number of benzene rings is 8. The molecule has 5 nitrogen and oxygen atoms in total. The molecule has 0 unspecified atom stereocenters. The molecule has 0 fully saturated rings. The number of hydrogen-bond acceptors (Lipinski definition) is 5. The summed E-state index contributed by atoms with van der Waals surface area (Å²) in [6.07, 6.45) is 0. The summed E-state index contributed by atoms with van der Waals surface area (Å²) < 4.78 is 7.83. The molecule has 0 bridgehead atoms. The highest BCUT2D eigenvalue weighted by atomic mass is 79.9. The molecular formula is C59H38BrClN4O. The number of hydrogen-bond donors (Lipinski definition) is 0. The van der Waals surface area contributed by atoms with Gasteiger partial charge in [-0.3, -0.25) is 0 Å². The highest BCUT2D eigenvalue weighted by molar-refractivity contribution is 9.10. The van der Waals surface area contributed by atoms with Crippen LogP contribution in [0.15, 0.2) is 203 Å². The van der Waals surface area contributed by atoms with Crippen molar-refractivity contribution in [1.82, 2.24) is 19.9 Å². The van der Waals surface area contributed by atoms with Gasteiger partial charge in [-0.15, -0.1) is 0 Å². The van der Waals surface area contributed by atoms with E-state index in [9.17, 15) is 0 Å². The predicted octanol–water partition coefficient (Wildman–Crippen LogP) is 16.6. The van der Waals surface area contributed by atoms with Crippen molar-refractivity contribution in [2.45, 2.75) is 19.3 Å². The fraction of sp³-hybridized carbons (Fsp3) is 0.0508. The summed E-state index contributed by atoms with van der Waals surface area (Å²) in [5.74, 6) is 1.25. The lowest BCUT2D eigenvalue weighted by molar-refractivity contribution is 0.660. The maximum atomic E-state index is 6.84. The monoisotopic (exact) mass is 932 g/mol. The molecule has 8 aromatic carbocycles. The summed E-state index contributed by atoms with van der Waals surface area (Å²) in [5.41, 5.74) is 18.0. The van der Waals surface area contributed by atoms with Crippen LogP contribution in [0.4, 0.5) is 0 Å². The largest absolute Gasteiger partial charge is 0.455 e. The van der Waals surface area contributed by atoms with Crippen molar-refractivity contribution in [2.24, 2.45) is 0 Å². The molecule has 0 N–H and O–H groups in total. The van der Waals surface area contributed by atoms with E-state index >= 15 is 0 Å². The van der Waals surface area contributed by atoms with Gasteiger partial charge in [0.25, 0.3) is 0 Å². The summed E-state index contributed by atoms with van der Waals surface area (Å²) in [7, 11) is 0. The molecule has 1 aliphatic rings. The van der Waals surface area contributed by atoms with E-state index in [0.717, 1.165) is 93.6 Å². The van der Waals surface area contributed by atoms with Crippen molar-refractivity contribution in [3.05, 3.63) is 215 Å². The Morgan fingerprint density at radius 3 is 1.88 bits per heavy atom. The third-order valence-electron chi connectivity index (χ3n) is 12.9. The van der Waals surface area contributed by atoms with Crippen LogP contribution in [0, 0.1) is 0 Å². The number of aromatic nitrogens is 4. The zero-order valence-electron chi connectivity index (χ0n) is 35.9. The van der Waals surface area contributed by atoms with E-state index in [1.807, 2.05) is 84.9 Å². The second-order valence-electron chi connectivity index (χ2n) is 17.3. The third kappa shape index (κ3) is 6.92. The Labute approximate surface area is 395 Å². The number of para-hydroxylation sites is 1. The quantitative estimate of drug-likeness (QED) is 0.149. The number of fused-ring (bicyclic) bond motifs is 6. The van der Waals surface area contributed by atoms with E-state index in [-0.39, 0.29) is 5.41 Å². The molecule has 0 spiro atoms. The Kier molecular flexibility index (Phi) is 9.63. The molecule has 66 heavy (non-hydrogen) atoms. The average Bonchev–Trinajstić information content (AvgIpc) is 3.84. The Morgan fingerprint density at radius 1 is 0.409 bits per heavy atom. The molecule has 0 aliphatic heterocycles. The molecule has 314 valence electrons. The van der Waals surface area contributed by atoms with E-state index in [1.54, 1.807) is 0 Å². The van der Waals surface area contributed by atoms with Gasteiger partial charge in [0.2, 0.25) is 0 Å². The average molecular weight is 934 g/mol. The standard InChI is InChI=1S/C59H38BrClN4O/c1-59(2)49-28-25-37(30-48(49)43-26-24-39(31-50(43)59)42-19-9-10-20-46(42)58-63-52(34-55(61)65-58)35-13-5-3-6-14-35)38-23-27-44-45-21-12-22-47(56(45)66-54(44)32-38)53-33-51(40-17-11-18-41(60)29-40)62-57(64-53)36-15-7-4-8-16-36/h3-34H,1-2H3. The molecule has 0 saturated carbocycles. The van der Waals surface area contributed by atoms with Gasteiger partial charge in [-0.05, 0) is 93.0 Å². The van der Waals surface area contributed by atoms with Crippen LogP contribution in [-0.4, -0.2) is 19.9 Å². The first kappa shape index (κ1) is 40.0. The van der Waals surface area contributed by atoms with Gasteiger partial charge in [0.1, 0.15) is 16.3 Å². The number of halogens is 2.